The fourth-order valence-electron chi connectivity index (χ4n) is 4.47. The lowest BCUT2D eigenvalue weighted by molar-refractivity contribution is 0.0961. The van der Waals surface area contributed by atoms with Gasteiger partial charge in [-0.05, 0) is 67.5 Å². The second-order valence-corrected chi connectivity index (χ2v) is 8.67. The zero-order valence-corrected chi connectivity index (χ0v) is 18.4. The average molecular weight is 455 g/mol. The summed E-state index contributed by atoms with van der Waals surface area (Å²) in [5, 5.41) is 15.1. The molecule has 31 heavy (non-hydrogen) atoms. The molecule has 5 rings (SSSR count). The molecule has 8 heteroatoms. The number of thiocarbonyl (C=S) groups is 1. The van der Waals surface area contributed by atoms with Gasteiger partial charge in [-0.3, -0.25) is 4.98 Å². The normalized spacial score (nSPS) is 23.3. The van der Waals surface area contributed by atoms with E-state index in [0.29, 0.717) is 15.8 Å². The zero-order chi connectivity index (χ0) is 21.4. The van der Waals surface area contributed by atoms with Crippen molar-refractivity contribution >= 4 is 34.6 Å². The number of phenolic OH excluding ortho intramolecular Hbond substituents is 1. The predicted molar refractivity (Wildman–Crippen MR) is 124 cm³/mol. The van der Waals surface area contributed by atoms with Gasteiger partial charge >= 0.3 is 0 Å². The Kier molecular flexibility index (Phi) is 5.56. The van der Waals surface area contributed by atoms with Crippen LogP contribution in [-0.2, 0) is 11.3 Å². The Balaban J connectivity index is 1.60. The van der Waals surface area contributed by atoms with Gasteiger partial charge in [-0.25, -0.2) is 0 Å². The molecule has 6 nitrogen and oxygen atoms in total. The second kappa shape index (κ2) is 8.49. The summed E-state index contributed by atoms with van der Waals surface area (Å²) in [4.78, 5) is 6.53. The van der Waals surface area contributed by atoms with Crippen molar-refractivity contribution in [2.45, 2.75) is 37.6 Å². The molecule has 2 saturated heterocycles. The van der Waals surface area contributed by atoms with Crippen LogP contribution in [0.1, 0.15) is 36.3 Å². The summed E-state index contributed by atoms with van der Waals surface area (Å²) < 4.78 is 8.10. The molecule has 2 aromatic heterocycles. The van der Waals surface area contributed by atoms with Crippen LogP contribution in [0.2, 0.25) is 5.02 Å². The molecule has 2 aliphatic heterocycles. The van der Waals surface area contributed by atoms with Gasteiger partial charge < -0.3 is 24.6 Å². The number of nitrogens with zero attached hydrogens (tertiary/aromatic N) is 3. The van der Waals surface area contributed by atoms with Gasteiger partial charge in [0.15, 0.2) is 5.11 Å². The minimum Gasteiger partial charge on any atom is -0.506 e. The first kappa shape index (κ1) is 20.3. The summed E-state index contributed by atoms with van der Waals surface area (Å²) in [6.45, 7) is 1.59. The van der Waals surface area contributed by atoms with Crippen LogP contribution in [0.3, 0.4) is 0 Å². The van der Waals surface area contributed by atoms with Crippen molar-refractivity contribution in [2.75, 3.05) is 11.5 Å². The van der Waals surface area contributed by atoms with E-state index < -0.39 is 0 Å². The first-order valence-corrected chi connectivity index (χ1v) is 11.2. The Morgan fingerprint density at radius 2 is 2.13 bits per heavy atom. The fourth-order valence-corrected chi connectivity index (χ4v) is 4.98. The van der Waals surface area contributed by atoms with Gasteiger partial charge in [0.1, 0.15) is 11.8 Å². The number of pyridine rings is 1. The monoisotopic (exact) mass is 454 g/mol. The zero-order valence-electron chi connectivity index (χ0n) is 16.8. The molecular weight excluding hydrogens is 432 g/mol. The van der Waals surface area contributed by atoms with Crippen LogP contribution in [-0.4, -0.2) is 32.5 Å². The Labute approximate surface area is 191 Å². The molecule has 160 valence electrons. The number of rotatable bonds is 5. The van der Waals surface area contributed by atoms with Crippen LogP contribution in [0.5, 0.6) is 5.75 Å². The first-order valence-electron chi connectivity index (χ1n) is 10.4. The van der Waals surface area contributed by atoms with Gasteiger partial charge in [-0.2, -0.15) is 0 Å². The summed E-state index contributed by atoms with van der Waals surface area (Å²) in [6, 6.07) is 14.6. The van der Waals surface area contributed by atoms with E-state index in [2.05, 4.69) is 27.1 Å². The van der Waals surface area contributed by atoms with E-state index in [1.165, 1.54) is 0 Å². The van der Waals surface area contributed by atoms with Crippen molar-refractivity contribution < 1.29 is 9.84 Å². The van der Waals surface area contributed by atoms with Gasteiger partial charge in [-0.1, -0.05) is 17.7 Å². The molecule has 2 aliphatic rings. The van der Waals surface area contributed by atoms with Crippen LogP contribution in [0.15, 0.2) is 60.9 Å². The highest BCUT2D eigenvalue weighted by Crippen LogP contribution is 2.45. The molecular formula is C23H23ClN4O2S. The number of ether oxygens (including phenoxy) is 1. The molecule has 3 unspecified atom stereocenters. The Hall–Kier alpha value is -2.61. The third-order valence-corrected chi connectivity index (χ3v) is 6.44. The van der Waals surface area contributed by atoms with E-state index in [-0.39, 0.29) is 23.9 Å². The first-order chi connectivity index (χ1) is 15.1. The number of hydrogen-bond acceptors (Lipinski definition) is 4. The van der Waals surface area contributed by atoms with Crippen molar-refractivity contribution in [1.29, 1.82) is 0 Å². The Morgan fingerprint density at radius 3 is 2.90 bits per heavy atom. The summed E-state index contributed by atoms with van der Waals surface area (Å²) in [5.74, 6) is 0.123. The largest absolute Gasteiger partial charge is 0.506 e. The lowest BCUT2D eigenvalue weighted by Crippen LogP contribution is -2.31. The van der Waals surface area contributed by atoms with Crippen LogP contribution in [0.25, 0.3) is 0 Å². The van der Waals surface area contributed by atoms with Crippen molar-refractivity contribution in [3.63, 3.8) is 0 Å². The van der Waals surface area contributed by atoms with Crippen LogP contribution >= 0.6 is 23.8 Å². The molecule has 1 aromatic carbocycles. The number of anilines is 1. The number of aromatic hydroxyl groups is 1. The number of halogens is 1. The number of aromatic nitrogens is 2. The van der Waals surface area contributed by atoms with Crippen LogP contribution in [0.4, 0.5) is 5.69 Å². The van der Waals surface area contributed by atoms with E-state index in [1.54, 1.807) is 24.4 Å². The number of phenols is 1. The number of benzene rings is 1. The van der Waals surface area contributed by atoms with Crippen molar-refractivity contribution in [3.05, 3.63) is 77.3 Å². The van der Waals surface area contributed by atoms with E-state index in [9.17, 15) is 5.11 Å². The molecule has 3 atom stereocenters. The van der Waals surface area contributed by atoms with E-state index in [4.69, 9.17) is 28.6 Å². The lowest BCUT2D eigenvalue weighted by Gasteiger charge is -2.30. The summed E-state index contributed by atoms with van der Waals surface area (Å²) >= 11 is 12.0. The quantitative estimate of drug-likeness (QED) is 0.549. The van der Waals surface area contributed by atoms with Gasteiger partial charge in [0.05, 0.1) is 23.5 Å². The van der Waals surface area contributed by atoms with Gasteiger partial charge in [0, 0.05) is 36.3 Å². The SMILES string of the molecule is Oc1ccc(Cl)cc1N1C(=S)NC(c2ccccn2)C1c1cccn1CC1CCCO1. The molecule has 0 saturated carbocycles. The second-order valence-electron chi connectivity index (χ2n) is 7.85. The topological polar surface area (TPSA) is 62.5 Å². The molecule has 0 amide bonds. The standard InChI is InChI=1S/C23H23ClN4O2S/c24-15-8-9-20(29)19(13-15)28-22(21(26-23(28)31)17-6-1-2-10-25-17)18-7-3-11-27(18)14-16-5-4-12-30-16/h1-3,6-11,13,16,21-22,29H,4-5,12,14H2,(H,26,31). The maximum Gasteiger partial charge on any atom is 0.174 e. The highest BCUT2D eigenvalue weighted by atomic mass is 35.5. The van der Waals surface area contributed by atoms with Gasteiger partial charge in [-0.15, -0.1) is 0 Å². The number of hydrogen-bond donors (Lipinski definition) is 2. The molecule has 0 aliphatic carbocycles. The maximum atomic E-state index is 10.7. The van der Waals surface area contributed by atoms with E-state index >= 15 is 0 Å². The molecule has 2 N–H and O–H groups in total. The minimum atomic E-state index is -0.219. The number of nitrogens with one attached hydrogen (secondary N) is 1. The third-order valence-electron chi connectivity index (χ3n) is 5.89. The van der Waals surface area contributed by atoms with E-state index in [0.717, 1.165) is 37.4 Å². The lowest BCUT2D eigenvalue weighted by atomic mass is 10.0. The molecule has 0 spiro atoms. The van der Waals surface area contributed by atoms with Crippen molar-refractivity contribution in [3.8, 4) is 5.75 Å². The highest BCUT2D eigenvalue weighted by molar-refractivity contribution is 7.80. The van der Waals surface area contributed by atoms with Crippen LogP contribution < -0.4 is 10.2 Å². The average Bonchev–Trinajstić information content (AvgIpc) is 3.51. The minimum absolute atomic E-state index is 0.123. The molecule has 4 heterocycles. The molecule has 0 radical (unpaired) electrons. The predicted octanol–water partition coefficient (Wildman–Crippen LogP) is 4.60. The van der Waals surface area contributed by atoms with E-state index in [1.807, 2.05) is 29.2 Å². The Morgan fingerprint density at radius 1 is 1.23 bits per heavy atom. The summed E-state index contributed by atoms with van der Waals surface area (Å²) in [6.07, 6.45) is 6.21. The smallest absolute Gasteiger partial charge is 0.174 e. The summed E-state index contributed by atoms with van der Waals surface area (Å²) in [5.41, 5.74) is 2.51. The maximum absolute atomic E-state index is 10.7. The third kappa shape index (κ3) is 3.89. The highest BCUT2D eigenvalue weighted by Gasteiger charge is 2.43. The van der Waals surface area contributed by atoms with Crippen molar-refractivity contribution in [1.82, 2.24) is 14.9 Å². The Bertz CT molecular complexity index is 1080. The van der Waals surface area contributed by atoms with Gasteiger partial charge in [0.2, 0.25) is 0 Å². The molecule has 3 aromatic rings. The summed E-state index contributed by atoms with van der Waals surface area (Å²) in [7, 11) is 0. The molecule has 2 fully saturated rings. The molecule has 0 bridgehead atoms. The van der Waals surface area contributed by atoms with Crippen molar-refractivity contribution in [2.24, 2.45) is 0 Å². The fraction of sp³-hybridized carbons (Fsp3) is 0.304. The van der Waals surface area contributed by atoms with Crippen LogP contribution in [0, 0.1) is 0 Å². The van der Waals surface area contributed by atoms with Gasteiger partial charge in [0.25, 0.3) is 0 Å².